The Bertz CT molecular complexity index is 1820. The average Bonchev–Trinajstić information content (AvgIpc) is 3.01. The van der Waals surface area contributed by atoms with Gasteiger partial charge in [-0.15, -0.1) is 0 Å². The van der Waals surface area contributed by atoms with E-state index in [1.165, 1.54) is 60.7 Å². The molecule has 0 aliphatic rings. The first kappa shape index (κ1) is 22.3. The van der Waals surface area contributed by atoms with Crippen LogP contribution in [0.1, 0.15) is 0 Å². The first-order valence-corrected chi connectivity index (χ1v) is 13.0. The van der Waals surface area contributed by atoms with Crippen molar-refractivity contribution in [3.63, 3.8) is 0 Å². The highest BCUT2D eigenvalue weighted by Gasteiger charge is 2.10. The van der Waals surface area contributed by atoms with Crippen molar-refractivity contribution in [1.29, 1.82) is 0 Å². The summed E-state index contributed by atoms with van der Waals surface area (Å²) in [5.41, 5.74) is 9.77. The molecule has 177 valence electrons. The Kier molecular flexibility index (Phi) is 5.57. The Hall–Kier alpha value is -4.94. The lowest BCUT2D eigenvalue weighted by Gasteiger charge is -2.13. The molecule has 0 saturated heterocycles. The van der Waals surface area contributed by atoms with Crippen molar-refractivity contribution in [2.45, 2.75) is 0 Å². The molecule has 0 heteroatoms. The standard InChI is InChI=1S/C38H25/c1-3-10-27(11-4-1)32-24-33(28-12-5-2-6-13-28)26-34(25-32)29-18-20-31(21-19-29)36-16-9-17-37-35-15-8-7-14-30(35)22-23-38(36)37/h1-21,23-26H. The minimum absolute atomic E-state index is 1.15. The van der Waals surface area contributed by atoms with E-state index in [0.29, 0.717) is 0 Å². The quantitative estimate of drug-likeness (QED) is 0.219. The van der Waals surface area contributed by atoms with E-state index in [9.17, 15) is 0 Å². The summed E-state index contributed by atoms with van der Waals surface area (Å²) < 4.78 is 0. The summed E-state index contributed by atoms with van der Waals surface area (Å²) in [4.78, 5) is 0. The molecule has 0 fully saturated rings. The van der Waals surface area contributed by atoms with Gasteiger partial charge in [0.15, 0.2) is 0 Å². The molecule has 7 aromatic carbocycles. The molecular formula is C38H25. The van der Waals surface area contributed by atoms with Crippen LogP contribution in [0.4, 0.5) is 0 Å². The first-order chi connectivity index (χ1) is 18.8. The fourth-order valence-corrected chi connectivity index (χ4v) is 5.43. The smallest absolute Gasteiger partial charge is 0.00923 e. The highest BCUT2D eigenvalue weighted by atomic mass is 14.1. The monoisotopic (exact) mass is 481 g/mol. The normalized spacial score (nSPS) is 11.2. The fourth-order valence-electron chi connectivity index (χ4n) is 5.43. The second-order valence-electron chi connectivity index (χ2n) is 9.71. The third kappa shape index (κ3) is 4.07. The van der Waals surface area contributed by atoms with E-state index in [1.54, 1.807) is 0 Å². The van der Waals surface area contributed by atoms with Crippen LogP contribution in [0.3, 0.4) is 0 Å². The maximum absolute atomic E-state index is 3.48. The van der Waals surface area contributed by atoms with Gasteiger partial charge >= 0.3 is 0 Å². The fraction of sp³-hybridized carbons (Fsp3) is 0. The van der Waals surface area contributed by atoms with Crippen LogP contribution in [-0.2, 0) is 0 Å². The van der Waals surface area contributed by atoms with E-state index >= 15 is 0 Å². The zero-order valence-corrected chi connectivity index (χ0v) is 20.9. The molecule has 1 radical (unpaired) electrons. The van der Waals surface area contributed by atoms with Crippen molar-refractivity contribution in [2.24, 2.45) is 0 Å². The lowest BCUT2D eigenvalue weighted by molar-refractivity contribution is 1.56. The van der Waals surface area contributed by atoms with Crippen molar-refractivity contribution in [2.75, 3.05) is 0 Å². The van der Waals surface area contributed by atoms with Gasteiger partial charge in [-0.25, -0.2) is 0 Å². The van der Waals surface area contributed by atoms with Crippen LogP contribution in [-0.4, -0.2) is 0 Å². The second-order valence-corrected chi connectivity index (χ2v) is 9.71. The zero-order valence-electron chi connectivity index (χ0n) is 20.9. The molecule has 7 rings (SSSR count). The summed E-state index contributed by atoms with van der Waals surface area (Å²) in [6.07, 6.45) is 0. The SMILES string of the molecule is [c]1cc2c(-c3ccc(-c4cc(-c5ccccc5)cc(-c5ccccc5)c4)cc3)cccc2c2ccccc12. The van der Waals surface area contributed by atoms with Crippen LogP contribution in [0.5, 0.6) is 0 Å². The molecule has 0 bridgehead atoms. The van der Waals surface area contributed by atoms with Crippen molar-refractivity contribution < 1.29 is 0 Å². The number of fused-ring (bicyclic) bond motifs is 3. The molecule has 0 saturated carbocycles. The topological polar surface area (TPSA) is 0 Å². The molecular weight excluding hydrogens is 456 g/mol. The van der Waals surface area contributed by atoms with E-state index < -0.39 is 0 Å². The van der Waals surface area contributed by atoms with Crippen LogP contribution in [0.25, 0.3) is 66.1 Å². The summed E-state index contributed by atoms with van der Waals surface area (Å²) in [5.74, 6) is 0. The molecule has 0 nitrogen and oxygen atoms in total. The molecule has 0 atom stereocenters. The van der Waals surface area contributed by atoms with Crippen LogP contribution in [0.15, 0.2) is 152 Å². The van der Waals surface area contributed by atoms with Gasteiger partial charge in [0.25, 0.3) is 0 Å². The van der Waals surface area contributed by atoms with Gasteiger partial charge < -0.3 is 0 Å². The Morgan fingerprint density at radius 1 is 0.316 bits per heavy atom. The number of rotatable bonds is 4. The molecule has 0 heterocycles. The summed E-state index contributed by atoms with van der Waals surface area (Å²) in [7, 11) is 0. The molecule has 0 aliphatic carbocycles. The van der Waals surface area contributed by atoms with E-state index in [2.05, 4.69) is 158 Å². The van der Waals surface area contributed by atoms with Crippen molar-refractivity contribution in [3.8, 4) is 44.5 Å². The maximum Gasteiger partial charge on any atom is -0.00923 e. The van der Waals surface area contributed by atoms with Gasteiger partial charge in [0.1, 0.15) is 0 Å². The lowest BCUT2D eigenvalue weighted by atomic mass is 9.91. The van der Waals surface area contributed by atoms with Crippen LogP contribution < -0.4 is 0 Å². The summed E-state index contributed by atoms with van der Waals surface area (Å²) in [6.45, 7) is 0. The van der Waals surface area contributed by atoms with Gasteiger partial charge in [-0.2, -0.15) is 0 Å². The van der Waals surface area contributed by atoms with Crippen molar-refractivity contribution in [1.82, 2.24) is 0 Å². The lowest BCUT2D eigenvalue weighted by Crippen LogP contribution is -1.87. The first-order valence-electron chi connectivity index (χ1n) is 13.0. The van der Waals surface area contributed by atoms with Gasteiger partial charge in [-0.05, 0) is 96.4 Å². The Balaban J connectivity index is 1.33. The number of hydrogen-bond donors (Lipinski definition) is 0. The second kappa shape index (κ2) is 9.50. The molecule has 38 heavy (non-hydrogen) atoms. The number of benzene rings is 7. The Morgan fingerprint density at radius 3 is 1.45 bits per heavy atom. The molecule has 0 unspecified atom stereocenters. The van der Waals surface area contributed by atoms with Crippen molar-refractivity contribution in [3.05, 3.63) is 158 Å². The van der Waals surface area contributed by atoms with Gasteiger partial charge in [0.05, 0.1) is 0 Å². The maximum atomic E-state index is 3.48. The van der Waals surface area contributed by atoms with Gasteiger partial charge in [-0.1, -0.05) is 127 Å². The number of hydrogen-bond acceptors (Lipinski definition) is 0. The minimum atomic E-state index is 1.15. The van der Waals surface area contributed by atoms with Crippen LogP contribution >= 0.6 is 0 Å². The van der Waals surface area contributed by atoms with Crippen LogP contribution in [0.2, 0.25) is 0 Å². The molecule has 0 aromatic heterocycles. The summed E-state index contributed by atoms with van der Waals surface area (Å²) >= 11 is 0. The predicted molar refractivity (Wildman–Crippen MR) is 162 cm³/mol. The minimum Gasteiger partial charge on any atom is -0.0622 e. The summed E-state index contributed by atoms with van der Waals surface area (Å²) in [5, 5.41) is 4.90. The predicted octanol–water partition coefficient (Wildman–Crippen LogP) is 10.5. The molecule has 0 spiro atoms. The molecule has 0 aliphatic heterocycles. The van der Waals surface area contributed by atoms with Crippen LogP contribution in [0, 0.1) is 6.07 Å². The third-order valence-electron chi connectivity index (χ3n) is 7.37. The van der Waals surface area contributed by atoms with E-state index in [1.807, 2.05) is 0 Å². The molecule has 0 amide bonds. The Labute approximate surface area is 223 Å². The van der Waals surface area contributed by atoms with Crippen molar-refractivity contribution >= 4 is 21.5 Å². The Morgan fingerprint density at radius 2 is 0.816 bits per heavy atom. The van der Waals surface area contributed by atoms with E-state index in [-0.39, 0.29) is 0 Å². The van der Waals surface area contributed by atoms with E-state index in [4.69, 9.17) is 0 Å². The molecule has 7 aromatic rings. The highest BCUT2D eigenvalue weighted by Crippen LogP contribution is 2.36. The highest BCUT2D eigenvalue weighted by molar-refractivity contribution is 6.11. The zero-order chi connectivity index (χ0) is 25.3. The largest absolute Gasteiger partial charge is 0.0622 e. The summed E-state index contributed by atoms with van der Waals surface area (Å²) in [6, 6.07) is 57.8. The average molecular weight is 482 g/mol. The van der Waals surface area contributed by atoms with Gasteiger partial charge in [-0.3, -0.25) is 0 Å². The molecule has 0 N–H and O–H groups in total. The van der Waals surface area contributed by atoms with E-state index in [0.717, 1.165) is 5.39 Å². The van der Waals surface area contributed by atoms with Gasteiger partial charge in [0, 0.05) is 0 Å². The van der Waals surface area contributed by atoms with Gasteiger partial charge in [0.2, 0.25) is 0 Å². The third-order valence-corrected chi connectivity index (χ3v) is 7.37.